The predicted molar refractivity (Wildman–Crippen MR) is 65.8 cm³/mol. The first-order valence-electron chi connectivity index (χ1n) is 5.66. The van der Waals surface area contributed by atoms with Gasteiger partial charge in [0.25, 0.3) is 0 Å². The molecular weight excluding hydrogens is 220 g/mol. The molecule has 5 heteroatoms. The fraction of sp³-hybridized carbons (Fsp3) is 0.583. The van der Waals surface area contributed by atoms with Gasteiger partial charge in [-0.1, -0.05) is 13.8 Å². The number of carbonyl (C=O) groups excluding carboxylic acids is 1. The number of nitrogens with zero attached hydrogens (tertiary/aromatic N) is 1. The molecule has 0 unspecified atom stereocenters. The van der Waals surface area contributed by atoms with Crippen molar-refractivity contribution >= 4 is 11.7 Å². The summed E-state index contributed by atoms with van der Waals surface area (Å²) in [6.07, 6.45) is 1.71. The third-order valence-electron chi connectivity index (χ3n) is 2.24. The highest BCUT2D eigenvalue weighted by molar-refractivity contribution is 5.88. The maximum absolute atomic E-state index is 11.4. The summed E-state index contributed by atoms with van der Waals surface area (Å²) in [5.41, 5.74) is 6.66. The molecule has 1 aromatic heterocycles. The van der Waals surface area contributed by atoms with E-state index in [0.29, 0.717) is 37.1 Å². The monoisotopic (exact) mass is 240 g/mol. The molecule has 5 nitrogen and oxygen atoms in total. The number of anilines is 1. The average molecular weight is 240 g/mol. The number of carbonyl (C=O) groups is 1. The summed E-state index contributed by atoms with van der Waals surface area (Å²) in [7, 11) is 1.35. The lowest BCUT2D eigenvalue weighted by Gasteiger charge is -2.09. The molecule has 0 atom stereocenters. The second kappa shape index (κ2) is 6.30. The summed E-state index contributed by atoms with van der Waals surface area (Å²) in [5, 5.41) is 0. The first-order chi connectivity index (χ1) is 8.04. The zero-order chi connectivity index (χ0) is 12.8. The Kier molecular flexibility index (Phi) is 5.03. The number of aromatic nitrogens is 1. The molecule has 0 aliphatic carbocycles. The number of rotatable bonds is 6. The number of nitrogen functional groups attached to an aromatic ring is 1. The molecule has 0 saturated carbocycles. The van der Waals surface area contributed by atoms with Crippen molar-refractivity contribution in [1.29, 1.82) is 0 Å². The number of hydrogen-bond donors (Lipinski definition) is 1. The zero-order valence-electron chi connectivity index (χ0n) is 10.6. The normalized spacial score (nSPS) is 10.8. The summed E-state index contributed by atoms with van der Waals surface area (Å²) in [6.45, 7) is 6.04. The molecular formula is C12H20N2O3. The van der Waals surface area contributed by atoms with Gasteiger partial charge in [-0.25, -0.2) is 4.79 Å². The summed E-state index contributed by atoms with van der Waals surface area (Å²) in [4.78, 5) is 11.4. The Labute approximate surface area is 101 Å². The Morgan fingerprint density at radius 1 is 1.53 bits per heavy atom. The van der Waals surface area contributed by atoms with E-state index in [1.807, 2.05) is 0 Å². The van der Waals surface area contributed by atoms with E-state index < -0.39 is 0 Å². The summed E-state index contributed by atoms with van der Waals surface area (Å²) in [6, 6.07) is 1.61. The third-order valence-corrected chi connectivity index (χ3v) is 2.24. The Hall–Kier alpha value is -1.49. The van der Waals surface area contributed by atoms with E-state index in [4.69, 9.17) is 10.5 Å². The minimum absolute atomic E-state index is 0.384. The number of methoxy groups -OCH3 is 1. The molecule has 0 saturated heterocycles. The lowest BCUT2D eigenvalue weighted by Crippen LogP contribution is -2.14. The number of ether oxygens (including phenoxy) is 2. The molecule has 96 valence electrons. The van der Waals surface area contributed by atoms with E-state index in [2.05, 4.69) is 18.6 Å². The van der Waals surface area contributed by atoms with Crippen molar-refractivity contribution in [3.05, 3.63) is 18.0 Å². The van der Waals surface area contributed by atoms with Crippen molar-refractivity contribution in [1.82, 2.24) is 4.57 Å². The first-order valence-corrected chi connectivity index (χ1v) is 5.66. The maximum atomic E-state index is 11.4. The van der Waals surface area contributed by atoms with Gasteiger partial charge in [-0.2, -0.15) is 0 Å². The summed E-state index contributed by atoms with van der Waals surface area (Å²) < 4.78 is 11.9. The number of esters is 1. The van der Waals surface area contributed by atoms with Crippen LogP contribution in [0.1, 0.15) is 24.3 Å². The van der Waals surface area contributed by atoms with Gasteiger partial charge in [0.2, 0.25) is 0 Å². The van der Waals surface area contributed by atoms with Crippen molar-refractivity contribution < 1.29 is 14.3 Å². The third kappa shape index (κ3) is 4.11. The fourth-order valence-corrected chi connectivity index (χ4v) is 1.48. The fourth-order valence-electron chi connectivity index (χ4n) is 1.48. The summed E-state index contributed by atoms with van der Waals surface area (Å²) in [5.74, 6) is 0.121. The molecule has 0 fully saturated rings. The first kappa shape index (κ1) is 13.6. The SMILES string of the molecule is COC(=O)c1cc(N)cn1CCOCC(C)C. The molecule has 17 heavy (non-hydrogen) atoms. The van der Waals surface area contributed by atoms with Crippen LogP contribution in [-0.2, 0) is 16.0 Å². The van der Waals surface area contributed by atoms with Gasteiger partial charge < -0.3 is 19.8 Å². The van der Waals surface area contributed by atoms with E-state index in [1.54, 1.807) is 16.8 Å². The van der Waals surface area contributed by atoms with E-state index in [9.17, 15) is 4.79 Å². The molecule has 1 aromatic rings. The molecule has 1 heterocycles. The molecule has 0 aliphatic heterocycles. The van der Waals surface area contributed by atoms with Crippen LogP contribution in [0.15, 0.2) is 12.3 Å². The highest BCUT2D eigenvalue weighted by Crippen LogP contribution is 2.11. The second-order valence-corrected chi connectivity index (χ2v) is 4.31. The van der Waals surface area contributed by atoms with Crippen LogP contribution < -0.4 is 5.73 Å². The molecule has 0 radical (unpaired) electrons. The van der Waals surface area contributed by atoms with Gasteiger partial charge in [0.05, 0.1) is 19.4 Å². The topological polar surface area (TPSA) is 66.5 Å². The number of nitrogens with two attached hydrogens (primary N) is 1. The minimum atomic E-state index is -0.384. The van der Waals surface area contributed by atoms with Gasteiger partial charge in [-0.3, -0.25) is 0 Å². The highest BCUT2D eigenvalue weighted by atomic mass is 16.5. The van der Waals surface area contributed by atoms with Crippen LogP contribution in [0.4, 0.5) is 5.69 Å². The largest absolute Gasteiger partial charge is 0.464 e. The Morgan fingerprint density at radius 3 is 2.82 bits per heavy atom. The van der Waals surface area contributed by atoms with Crippen LogP contribution in [0.5, 0.6) is 0 Å². The molecule has 0 aromatic carbocycles. The molecule has 2 N–H and O–H groups in total. The van der Waals surface area contributed by atoms with E-state index >= 15 is 0 Å². The van der Waals surface area contributed by atoms with Gasteiger partial charge in [-0.05, 0) is 12.0 Å². The van der Waals surface area contributed by atoms with Crippen LogP contribution in [0.25, 0.3) is 0 Å². The van der Waals surface area contributed by atoms with Crippen molar-refractivity contribution in [3.63, 3.8) is 0 Å². The Bertz CT molecular complexity index is 372. The van der Waals surface area contributed by atoms with Gasteiger partial charge in [0.1, 0.15) is 5.69 Å². The Balaban J connectivity index is 2.55. The lowest BCUT2D eigenvalue weighted by atomic mass is 10.2. The Morgan fingerprint density at radius 2 is 2.24 bits per heavy atom. The van der Waals surface area contributed by atoms with E-state index in [1.165, 1.54) is 7.11 Å². The van der Waals surface area contributed by atoms with Gasteiger partial charge >= 0.3 is 5.97 Å². The zero-order valence-corrected chi connectivity index (χ0v) is 10.6. The quantitative estimate of drug-likeness (QED) is 0.605. The van der Waals surface area contributed by atoms with E-state index in [0.717, 1.165) is 0 Å². The van der Waals surface area contributed by atoms with E-state index in [-0.39, 0.29) is 5.97 Å². The molecule has 0 aliphatic rings. The molecule has 0 amide bonds. The van der Waals surface area contributed by atoms with Crippen molar-refractivity contribution in [2.75, 3.05) is 26.1 Å². The van der Waals surface area contributed by atoms with Crippen LogP contribution in [0, 0.1) is 5.92 Å². The second-order valence-electron chi connectivity index (χ2n) is 4.31. The van der Waals surface area contributed by atoms with Crippen LogP contribution in [0.3, 0.4) is 0 Å². The number of hydrogen-bond acceptors (Lipinski definition) is 4. The predicted octanol–water partition coefficient (Wildman–Crippen LogP) is 1.53. The average Bonchev–Trinajstić information content (AvgIpc) is 2.64. The molecule has 0 spiro atoms. The highest BCUT2D eigenvalue weighted by Gasteiger charge is 2.12. The maximum Gasteiger partial charge on any atom is 0.354 e. The van der Waals surface area contributed by atoms with Crippen LogP contribution >= 0.6 is 0 Å². The van der Waals surface area contributed by atoms with Gasteiger partial charge in [0, 0.05) is 19.3 Å². The van der Waals surface area contributed by atoms with Crippen molar-refractivity contribution in [3.8, 4) is 0 Å². The van der Waals surface area contributed by atoms with Crippen molar-refractivity contribution in [2.24, 2.45) is 5.92 Å². The van der Waals surface area contributed by atoms with Gasteiger partial charge in [0.15, 0.2) is 0 Å². The van der Waals surface area contributed by atoms with Crippen molar-refractivity contribution in [2.45, 2.75) is 20.4 Å². The van der Waals surface area contributed by atoms with Gasteiger partial charge in [-0.15, -0.1) is 0 Å². The summed E-state index contributed by atoms with van der Waals surface area (Å²) >= 11 is 0. The standard InChI is InChI=1S/C12H20N2O3/c1-9(2)8-17-5-4-14-7-10(13)6-11(14)12(15)16-3/h6-7,9H,4-5,8,13H2,1-3H3. The molecule has 0 bridgehead atoms. The van der Waals surface area contributed by atoms with Crippen LogP contribution in [0.2, 0.25) is 0 Å². The molecule has 1 rings (SSSR count). The smallest absolute Gasteiger partial charge is 0.354 e. The minimum Gasteiger partial charge on any atom is -0.464 e. The van der Waals surface area contributed by atoms with Crippen LogP contribution in [-0.4, -0.2) is 30.9 Å². The lowest BCUT2D eigenvalue weighted by molar-refractivity contribution is 0.0582.